The van der Waals surface area contributed by atoms with Gasteiger partial charge in [0.25, 0.3) is 5.91 Å². The summed E-state index contributed by atoms with van der Waals surface area (Å²) in [7, 11) is -5.73. The molecule has 2 fully saturated rings. The van der Waals surface area contributed by atoms with Crippen molar-refractivity contribution in [2.75, 3.05) is 19.6 Å². The molecule has 1 aromatic rings. The van der Waals surface area contributed by atoms with Gasteiger partial charge >= 0.3 is 15.6 Å². The number of hydrogen-bond donors (Lipinski definition) is 0. The molecule has 1 atom stereocenters. The average Bonchev–Trinajstić information content (AvgIpc) is 3.32. The van der Waals surface area contributed by atoms with Gasteiger partial charge in [-0.1, -0.05) is 12.8 Å². The summed E-state index contributed by atoms with van der Waals surface area (Å²) in [4.78, 5) is 17.3. The van der Waals surface area contributed by atoms with Crippen LogP contribution in [0.2, 0.25) is 0 Å². The first-order valence-corrected chi connectivity index (χ1v) is 11.3. The Labute approximate surface area is 167 Å². The zero-order valence-corrected chi connectivity index (χ0v) is 16.6. The molecule has 10 heteroatoms. The lowest BCUT2D eigenvalue weighted by Crippen LogP contribution is -2.46. The van der Waals surface area contributed by atoms with Crippen LogP contribution in [-0.4, -0.2) is 61.4 Å². The van der Waals surface area contributed by atoms with E-state index in [4.69, 9.17) is 0 Å². The minimum atomic E-state index is -5.73. The minimum absolute atomic E-state index is 0.137. The molecule has 2 aliphatic heterocycles. The number of halogens is 3. The van der Waals surface area contributed by atoms with E-state index in [1.54, 1.807) is 0 Å². The lowest BCUT2D eigenvalue weighted by Gasteiger charge is -2.34. The fourth-order valence-electron chi connectivity index (χ4n) is 4.68. The summed E-state index contributed by atoms with van der Waals surface area (Å²) < 4.78 is 64.1. The van der Waals surface area contributed by atoms with Crippen LogP contribution in [0.1, 0.15) is 48.0 Å². The standard InChI is InChI=1S/C19H23F3N2O4S/c20-19(21,22)29(26,27)28-16-5-6-17-13(11-16)7-10-24(18(17)25)15-8-9-23(12-15)14-3-1-2-4-14/h5-6,11,14-15H,1-4,7-10,12H2/t15-/m1/s1. The van der Waals surface area contributed by atoms with Crippen LogP contribution in [0.3, 0.4) is 0 Å². The maximum atomic E-state index is 13.0. The van der Waals surface area contributed by atoms with E-state index in [1.807, 2.05) is 4.90 Å². The first-order valence-electron chi connectivity index (χ1n) is 9.84. The first kappa shape index (κ1) is 20.5. The third-order valence-corrected chi connectivity index (χ3v) is 7.13. The molecule has 6 nitrogen and oxygen atoms in total. The summed E-state index contributed by atoms with van der Waals surface area (Å²) in [5.74, 6) is -0.592. The second-order valence-electron chi connectivity index (χ2n) is 7.93. The van der Waals surface area contributed by atoms with Crippen LogP contribution in [0, 0.1) is 0 Å². The molecule has 0 radical (unpaired) electrons. The highest BCUT2D eigenvalue weighted by atomic mass is 32.2. The van der Waals surface area contributed by atoms with E-state index in [9.17, 15) is 26.4 Å². The SMILES string of the molecule is O=C1c2ccc(OS(=O)(=O)C(F)(F)F)cc2CCN1[C@@H]1CCN(C2CCCC2)C1. The molecule has 0 unspecified atom stereocenters. The van der Waals surface area contributed by atoms with Crippen LogP contribution >= 0.6 is 0 Å². The summed E-state index contributed by atoms with van der Waals surface area (Å²) in [6.07, 6.45) is 6.32. The average molecular weight is 432 g/mol. The van der Waals surface area contributed by atoms with Crippen molar-refractivity contribution in [1.82, 2.24) is 9.80 Å². The maximum absolute atomic E-state index is 13.0. The van der Waals surface area contributed by atoms with Crippen LogP contribution in [-0.2, 0) is 16.5 Å². The molecule has 1 amide bonds. The highest BCUT2D eigenvalue weighted by Gasteiger charge is 2.48. The Morgan fingerprint density at radius 1 is 1.03 bits per heavy atom. The summed E-state index contributed by atoms with van der Waals surface area (Å²) in [5.41, 5.74) is -4.59. The lowest BCUT2D eigenvalue weighted by atomic mass is 9.97. The Kier molecular flexibility index (Phi) is 5.27. The number of carbonyl (C=O) groups is 1. The Morgan fingerprint density at radius 3 is 2.45 bits per heavy atom. The number of benzene rings is 1. The van der Waals surface area contributed by atoms with Gasteiger partial charge in [0.15, 0.2) is 0 Å². The number of hydrogen-bond acceptors (Lipinski definition) is 5. The molecule has 1 saturated carbocycles. The molecule has 1 aromatic carbocycles. The number of fused-ring (bicyclic) bond motifs is 1. The van der Waals surface area contributed by atoms with Gasteiger partial charge in [-0.25, -0.2) is 0 Å². The van der Waals surface area contributed by atoms with Crippen LogP contribution in [0.4, 0.5) is 13.2 Å². The smallest absolute Gasteiger partial charge is 0.376 e. The summed E-state index contributed by atoms with van der Waals surface area (Å²) in [6, 6.07) is 4.42. The second kappa shape index (κ2) is 7.46. The van der Waals surface area contributed by atoms with Crippen LogP contribution in [0.5, 0.6) is 5.75 Å². The van der Waals surface area contributed by atoms with Crippen molar-refractivity contribution in [3.63, 3.8) is 0 Å². The first-order chi connectivity index (χ1) is 13.7. The van der Waals surface area contributed by atoms with Gasteiger partial charge in [0, 0.05) is 37.3 Å². The van der Waals surface area contributed by atoms with Crippen LogP contribution in [0.25, 0.3) is 0 Å². The van der Waals surface area contributed by atoms with E-state index in [2.05, 4.69) is 9.08 Å². The highest BCUT2D eigenvalue weighted by Crippen LogP contribution is 2.32. The third-order valence-electron chi connectivity index (χ3n) is 6.16. The summed E-state index contributed by atoms with van der Waals surface area (Å²) in [6.45, 7) is 2.30. The third kappa shape index (κ3) is 3.96. The zero-order valence-electron chi connectivity index (χ0n) is 15.8. The largest absolute Gasteiger partial charge is 0.534 e. The van der Waals surface area contributed by atoms with Gasteiger partial charge in [0.1, 0.15) is 5.75 Å². The molecule has 0 aromatic heterocycles. The van der Waals surface area contributed by atoms with Gasteiger partial charge in [-0.2, -0.15) is 21.6 Å². The summed E-state index contributed by atoms with van der Waals surface area (Å²) >= 11 is 0. The number of amides is 1. The number of carbonyl (C=O) groups excluding carboxylic acids is 1. The molecule has 1 saturated heterocycles. The zero-order chi connectivity index (χ0) is 20.8. The van der Waals surface area contributed by atoms with Crippen molar-refractivity contribution in [2.24, 2.45) is 0 Å². The van der Waals surface area contributed by atoms with E-state index >= 15 is 0 Å². The van der Waals surface area contributed by atoms with Crippen molar-refractivity contribution >= 4 is 16.0 Å². The molecule has 0 spiro atoms. The van der Waals surface area contributed by atoms with E-state index in [0.29, 0.717) is 30.1 Å². The van der Waals surface area contributed by atoms with Crippen LogP contribution in [0.15, 0.2) is 18.2 Å². The van der Waals surface area contributed by atoms with Gasteiger partial charge in [0.05, 0.1) is 0 Å². The highest BCUT2D eigenvalue weighted by molar-refractivity contribution is 7.88. The number of nitrogens with zero attached hydrogens (tertiary/aromatic N) is 2. The monoisotopic (exact) mass is 432 g/mol. The molecule has 1 aliphatic carbocycles. The summed E-state index contributed by atoms with van der Waals surface area (Å²) in [5, 5.41) is 0. The normalized spacial score (nSPS) is 24.2. The molecular formula is C19H23F3N2O4S. The topological polar surface area (TPSA) is 66.9 Å². The van der Waals surface area contributed by atoms with E-state index in [1.165, 1.54) is 37.8 Å². The fraction of sp³-hybridized carbons (Fsp3) is 0.632. The van der Waals surface area contributed by atoms with Gasteiger partial charge in [-0.3, -0.25) is 9.69 Å². The number of rotatable bonds is 4. The Balaban J connectivity index is 1.46. The fourth-order valence-corrected chi connectivity index (χ4v) is 5.13. The lowest BCUT2D eigenvalue weighted by molar-refractivity contribution is -0.0500. The number of likely N-dealkylation sites (tertiary alicyclic amines) is 1. The molecule has 4 rings (SSSR count). The molecule has 3 aliphatic rings. The van der Waals surface area contributed by atoms with Gasteiger partial charge in [0.2, 0.25) is 0 Å². The molecule has 160 valence electrons. The Morgan fingerprint density at radius 2 is 1.76 bits per heavy atom. The quantitative estimate of drug-likeness (QED) is 0.541. The van der Waals surface area contributed by atoms with E-state index in [-0.39, 0.29) is 11.9 Å². The van der Waals surface area contributed by atoms with Crippen molar-refractivity contribution in [3.05, 3.63) is 29.3 Å². The minimum Gasteiger partial charge on any atom is -0.376 e. The second-order valence-corrected chi connectivity index (χ2v) is 9.46. The van der Waals surface area contributed by atoms with Crippen molar-refractivity contribution < 1.29 is 30.6 Å². The molecular weight excluding hydrogens is 409 g/mol. The number of alkyl halides is 3. The molecule has 29 heavy (non-hydrogen) atoms. The maximum Gasteiger partial charge on any atom is 0.534 e. The van der Waals surface area contributed by atoms with Gasteiger partial charge in [-0.15, -0.1) is 0 Å². The van der Waals surface area contributed by atoms with E-state index in [0.717, 1.165) is 25.6 Å². The van der Waals surface area contributed by atoms with Gasteiger partial charge in [-0.05, 0) is 49.4 Å². The predicted molar refractivity (Wildman–Crippen MR) is 99.0 cm³/mol. The van der Waals surface area contributed by atoms with E-state index < -0.39 is 21.4 Å². The Bertz CT molecular complexity index is 897. The Hall–Kier alpha value is -1.81. The van der Waals surface area contributed by atoms with Crippen LogP contribution < -0.4 is 4.18 Å². The van der Waals surface area contributed by atoms with Crippen molar-refractivity contribution in [3.8, 4) is 5.75 Å². The van der Waals surface area contributed by atoms with Crippen molar-refractivity contribution in [1.29, 1.82) is 0 Å². The molecule has 2 heterocycles. The van der Waals surface area contributed by atoms with Crippen molar-refractivity contribution in [2.45, 2.75) is 56.1 Å². The molecule has 0 bridgehead atoms. The molecule has 0 N–H and O–H groups in total. The predicted octanol–water partition coefficient (Wildman–Crippen LogP) is 2.93. The van der Waals surface area contributed by atoms with Gasteiger partial charge < -0.3 is 9.08 Å².